The molecule has 2 aromatic carbocycles. The van der Waals surface area contributed by atoms with E-state index in [1.54, 1.807) is 12.3 Å². The zero-order valence-electron chi connectivity index (χ0n) is 14.7. The summed E-state index contributed by atoms with van der Waals surface area (Å²) in [6.07, 6.45) is 3.79. The lowest BCUT2D eigenvalue weighted by molar-refractivity contribution is 0.507. The van der Waals surface area contributed by atoms with Crippen LogP contribution in [0.25, 0.3) is 0 Å². The second kappa shape index (κ2) is 7.59. The summed E-state index contributed by atoms with van der Waals surface area (Å²) in [6.45, 7) is 0. The number of benzene rings is 2. The van der Waals surface area contributed by atoms with Crippen molar-refractivity contribution in [1.29, 1.82) is 0 Å². The number of halogens is 2. The maximum atomic E-state index is 13.4. The Kier molecular flexibility index (Phi) is 4.84. The van der Waals surface area contributed by atoms with E-state index in [1.807, 2.05) is 24.3 Å². The Bertz CT molecular complexity index is 1020. The summed E-state index contributed by atoms with van der Waals surface area (Å²) in [6, 6.07) is 16.2. The Hall–Kier alpha value is -3.19. The summed E-state index contributed by atoms with van der Waals surface area (Å²) in [4.78, 5) is 4.51. The van der Waals surface area contributed by atoms with E-state index < -0.39 is 11.6 Å². The number of nitrogens with one attached hydrogen (secondary N) is 1. The van der Waals surface area contributed by atoms with E-state index in [1.165, 1.54) is 11.6 Å². The molecule has 3 aromatic rings. The van der Waals surface area contributed by atoms with Gasteiger partial charge in [0, 0.05) is 19.0 Å². The van der Waals surface area contributed by atoms with Gasteiger partial charge in [0.2, 0.25) is 0 Å². The van der Waals surface area contributed by atoms with Gasteiger partial charge in [-0.25, -0.2) is 8.78 Å². The fraction of sp³-hybridized carbons (Fsp3) is 0.174. The van der Waals surface area contributed by atoms with Gasteiger partial charge in [-0.15, -0.1) is 0 Å². The third-order valence-corrected chi connectivity index (χ3v) is 4.56. The van der Waals surface area contributed by atoms with E-state index in [9.17, 15) is 8.78 Å². The number of hydrogen-bond acceptors (Lipinski definition) is 2. The van der Waals surface area contributed by atoms with Crippen LogP contribution in [0.3, 0.4) is 0 Å². The Morgan fingerprint density at radius 1 is 0.963 bits per heavy atom. The van der Waals surface area contributed by atoms with E-state index in [-0.39, 0.29) is 6.04 Å². The summed E-state index contributed by atoms with van der Waals surface area (Å²) < 4.78 is 26.4. The zero-order chi connectivity index (χ0) is 18.6. The second-order valence-electron chi connectivity index (χ2n) is 6.65. The van der Waals surface area contributed by atoms with Crippen molar-refractivity contribution in [2.75, 3.05) is 5.32 Å². The van der Waals surface area contributed by atoms with Crippen LogP contribution in [0.15, 0.2) is 60.8 Å². The smallest absolute Gasteiger partial charge is 0.159 e. The molecule has 0 amide bonds. The van der Waals surface area contributed by atoms with Crippen molar-refractivity contribution in [1.82, 2.24) is 4.98 Å². The monoisotopic (exact) mass is 360 g/mol. The van der Waals surface area contributed by atoms with Crippen LogP contribution < -0.4 is 5.32 Å². The van der Waals surface area contributed by atoms with Crippen LogP contribution in [0.2, 0.25) is 0 Å². The number of fused-ring (bicyclic) bond motifs is 1. The molecular formula is C23H18F2N2. The van der Waals surface area contributed by atoms with Crippen molar-refractivity contribution >= 4 is 5.69 Å². The highest BCUT2D eigenvalue weighted by Gasteiger charge is 2.20. The van der Waals surface area contributed by atoms with Crippen LogP contribution in [-0.4, -0.2) is 11.0 Å². The SMILES string of the molecule is Fc1ccc(Cc2cnc3c(c2)NC(C#CCc2ccccc2)C3)cc1F. The Morgan fingerprint density at radius 3 is 2.63 bits per heavy atom. The molecule has 1 atom stereocenters. The second-order valence-corrected chi connectivity index (χ2v) is 6.65. The van der Waals surface area contributed by atoms with Crippen LogP contribution >= 0.6 is 0 Å². The molecule has 1 N–H and O–H groups in total. The normalized spacial score (nSPS) is 14.8. The van der Waals surface area contributed by atoms with E-state index >= 15 is 0 Å². The minimum Gasteiger partial charge on any atom is -0.370 e. The lowest BCUT2D eigenvalue weighted by Gasteiger charge is -2.06. The highest BCUT2D eigenvalue weighted by atomic mass is 19.2. The third kappa shape index (κ3) is 4.15. The molecule has 0 saturated heterocycles. The fourth-order valence-corrected chi connectivity index (χ4v) is 3.20. The molecule has 0 aliphatic carbocycles. The molecule has 4 rings (SSSR count). The van der Waals surface area contributed by atoms with Crippen molar-refractivity contribution in [3.63, 3.8) is 0 Å². The van der Waals surface area contributed by atoms with E-state index in [2.05, 4.69) is 34.3 Å². The average molecular weight is 360 g/mol. The van der Waals surface area contributed by atoms with Crippen molar-refractivity contribution in [2.24, 2.45) is 0 Å². The van der Waals surface area contributed by atoms with Gasteiger partial charge in [-0.3, -0.25) is 4.98 Å². The lowest BCUT2D eigenvalue weighted by atomic mass is 10.1. The van der Waals surface area contributed by atoms with Crippen LogP contribution in [-0.2, 0) is 19.3 Å². The van der Waals surface area contributed by atoms with Crippen molar-refractivity contribution < 1.29 is 8.78 Å². The highest BCUT2D eigenvalue weighted by molar-refractivity contribution is 5.57. The van der Waals surface area contributed by atoms with E-state index in [4.69, 9.17) is 0 Å². The minimum absolute atomic E-state index is 0.0507. The first-order chi connectivity index (χ1) is 13.2. The quantitative estimate of drug-likeness (QED) is 0.694. The Labute approximate surface area is 157 Å². The van der Waals surface area contributed by atoms with Gasteiger partial charge in [-0.2, -0.15) is 0 Å². The number of anilines is 1. The first-order valence-corrected chi connectivity index (χ1v) is 8.88. The topological polar surface area (TPSA) is 24.9 Å². The number of aromatic nitrogens is 1. The van der Waals surface area contributed by atoms with Crippen molar-refractivity contribution in [2.45, 2.75) is 25.3 Å². The predicted molar refractivity (Wildman–Crippen MR) is 102 cm³/mol. The Balaban J connectivity index is 1.42. The van der Waals surface area contributed by atoms with Crippen LogP contribution in [0.4, 0.5) is 14.5 Å². The third-order valence-electron chi connectivity index (χ3n) is 4.56. The van der Waals surface area contributed by atoms with Crippen LogP contribution in [0.5, 0.6) is 0 Å². The summed E-state index contributed by atoms with van der Waals surface area (Å²) in [5.74, 6) is 4.84. The van der Waals surface area contributed by atoms with Crippen LogP contribution in [0, 0.1) is 23.5 Å². The molecule has 0 saturated carbocycles. The standard InChI is InChI=1S/C23H18F2N2/c24-20-10-9-17(12-21(20)25)11-18-13-23-22(26-15-18)14-19(27-23)8-4-7-16-5-2-1-3-6-16/h1-3,5-6,9-10,12-13,15,19,27H,7,11,14H2. The molecule has 1 aromatic heterocycles. The lowest BCUT2D eigenvalue weighted by Crippen LogP contribution is -2.12. The van der Waals surface area contributed by atoms with Gasteiger partial charge in [0.25, 0.3) is 0 Å². The van der Waals surface area contributed by atoms with E-state index in [0.717, 1.165) is 35.9 Å². The van der Waals surface area contributed by atoms with Gasteiger partial charge in [0.1, 0.15) is 0 Å². The number of rotatable bonds is 3. The maximum absolute atomic E-state index is 13.4. The van der Waals surface area contributed by atoms with Gasteiger partial charge in [0.15, 0.2) is 11.6 Å². The molecule has 0 radical (unpaired) electrons. The van der Waals surface area contributed by atoms with Gasteiger partial charge in [0.05, 0.1) is 17.4 Å². The summed E-state index contributed by atoms with van der Waals surface area (Å²) in [5, 5.41) is 3.40. The number of hydrogen-bond donors (Lipinski definition) is 1. The molecule has 0 fully saturated rings. The molecule has 2 heterocycles. The van der Waals surface area contributed by atoms with E-state index in [0.29, 0.717) is 12.0 Å². The minimum atomic E-state index is -0.829. The predicted octanol–water partition coefficient (Wildman–Crippen LogP) is 4.53. The number of nitrogens with zero attached hydrogens (tertiary/aromatic N) is 1. The van der Waals surface area contributed by atoms with Gasteiger partial charge in [-0.05, 0) is 41.3 Å². The molecular weight excluding hydrogens is 342 g/mol. The molecule has 0 bridgehead atoms. The molecule has 27 heavy (non-hydrogen) atoms. The number of pyridine rings is 1. The summed E-state index contributed by atoms with van der Waals surface area (Å²) in [7, 11) is 0. The molecule has 1 unspecified atom stereocenters. The largest absolute Gasteiger partial charge is 0.370 e. The van der Waals surface area contributed by atoms with Gasteiger partial charge in [-0.1, -0.05) is 48.2 Å². The fourth-order valence-electron chi connectivity index (χ4n) is 3.20. The molecule has 134 valence electrons. The van der Waals surface area contributed by atoms with Crippen molar-refractivity contribution in [3.8, 4) is 11.8 Å². The van der Waals surface area contributed by atoms with Crippen molar-refractivity contribution in [3.05, 3.63) is 94.8 Å². The molecule has 4 heteroatoms. The first-order valence-electron chi connectivity index (χ1n) is 8.88. The Morgan fingerprint density at radius 2 is 1.81 bits per heavy atom. The molecule has 2 nitrogen and oxygen atoms in total. The zero-order valence-corrected chi connectivity index (χ0v) is 14.7. The highest BCUT2D eigenvalue weighted by Crippen LogP contribution is 2.25. The average Bonchev–Trinajstić information content (AvgIpc) is 3.08. The summed E-state index contributed by atoms with van der Waals surface area (Å²) in [5.41, 5.74) is 4.82. The van der Waals surface area contributed by atoms with Gasteiger partial charge >= 0.3 is 0 Å². The molecule has 1 aliphatic heterocycles. The molecule has 0 spiro atoms. The first kappa shape index (κ1) is 17.2. The van der Waals surface area contributed by atoms with Gasteiger partial charge < -0.3 is 5.32 Å². The molecule has 1 aliphatic rings. The van der Waals surface area contributed by atoms with Crippen LogP contribution in [0.1, 0.15) is 22.4 Å². The maximum Gasteiger partial charge on any atom is 0.159 e. The summed E-state index contributed by atoms with van der Waals surface area (Å²) >= 11 is 0.